The topological polar surface area (TPSA) is 61.7 Å². The van der Waals surface area contributed by atoms with E-state index < -0.39 is 11.8 Å². The fourth-order valence-electron chi connectivity index (χ4n) is 0.772. The molecular weight excluding hydrogens is 223 g/mol. The number of rotatable bonds is 3. The molecule has 4 nitrogen and oxygen atoms in total. The Morgan fingerprint density at radius 1 is 1.60 bits per heavy atom. The van der Waals surface area contributed by atoms with Crippen molar-refractivity contribution in [2.24, 2.45) is 5.10 Å². The summed E-state index contributed by atoms with van der Waals surface area (Å²) in [6.07, 6.45) is 0. The highest BCUT2D eigenvalue weighted by Gasteiger charge is 2.03. The summed E-state index contributed by atoms with van der Waals surface area (Å²) in [6, 6.07) is 3.67. The minimum absolute atomic E-state index is 0.115. The molecule has 2 N–H and O–H groups in total. The Balaban J connectivity index is 2.82. The van der Waals surface area contributed by atoms with E-state index in [-0.39, 0.29) is 10.7 Å². The molecule has 0 aromatic heterocycles. The number of nitrogens with zero attached hydrogens (tertiary/aromatic N) is 1. The molecule has 80 valence electrons. The van der Waals surface area contributed by atoms with Crippen LogP contribution in [0.3, 0.4) is 0 Å². The highest BCUT2D eigenvalue weighted by atomic mass is 35.5. The number of anilines is 1. The first-order valence-electron chi connectivity index (χ1n) is 3.99. The number of nitrogens with one attached hydrogen (secondary N) is 1. The van der Waals surface area contributed by atoms with E-state index >= 15 is 0 Å². The molecule has 1 aromatic rings. The molecule has 6 heteroatoms. The molecule has 1 aromatic carbocycles. The molecule has 1 rings (SSSR count). The molecule has 0 saturated carbocycles. The Labute approximate surface area is 90.4 Å². The van der Waals surface area contributed by atoms with Crippen molar-refractivity contribution in [2.75, 3.05) is 5.43 Å². The van der Waals surface area contributed by atoms with E-state index in [0.717, 1.165) is 6.07 Å². The Hall–Kier alpha value is -1.62. The van der Waals surface area contributed by atoms with E-state index in [1.54, 1.807) is 0 Å². The maximum atomic E-state index is 12.6. The van der Waals surface area contributed by atoms with Gasteiger partial charge in [0.15, 0.2) is 0 Å². The number of carbonyl (C=O) groups is 1. The average molecular weight is 231 g/mol. The van der Waals surface area contributed by atoms with Gasteiger partial charge in [0.25, 0.3) is 0 Å². The van der Waals surface area contributed by atoms with Crippen molar-refractivity contribution in [3.8, 4) is 0 Å². The quantitative estimate of drug-likeness (QED) is 0.619. The summed E-state index contributed by atoms with van der Waals surface area (Å²) in [5, 5.41) is 12.2. The van der Waals surface area contributed by atoms with Crippen molar-refractivity contribution in [1.82, 2.24) is 0 Å². The van der Waals surface area contributed by atoms with Crippen molar-refractivity contribution < 1.29 is 14.3 Å². The molecule has 0 aliphatic carbocycles. The number of aliphatic carboxylic acids is 1. The van der Waals surface area contributed by atoms with Crippen LogP contribution in [-0.4, -0.2) is 16.8 Å². The highest BCUT2D eigenvalue weighted by Crippen LogP contribution is 2.22. The Kier molecular flexibility index (Phi) is 3.62. The van der Waals surface area contributed by atoms with Gasteiger partial charge in [-0.05, 0) is 25.1 Å². The third kappa shape index (κ3) is 3.21. The predicted molar refractivity (Wildman–Crippen MR) is 55.8 cm³/mol. The van der Waals surface area contributed by atoms with Crippen LogP contribution in [0, 0.1) is 5.82 Å². The number of carboxylic acids is 1. The molecular formula is C9H8ClFN2O2. The van der Waals surface area contributed by atoms with Gasteiger partial charge < -0.3 is 5.11 Å². The second-order valence-electron chi connectivity index (χ2n) is 2.74. The van der Waals surface area contributed by atoms with Gasteiger partial charge in [-0.3, -0.25) is 5.43 Å². The van der Waals surface area contributed by atoms with Gasteiger partial charge in [0.2, 0.25) is 0 Å². The molecule has 0 heterocycles. The molecule has 0 aliphatic rings. The van der Waals surface area contributed by atoms with E-state index in [0.29, 0.717) is 5.69 Å². The van der Waals surface area contributed by atoms with Crippen molar-refractivity contribution >= 4 is 29.0 Å². The van der Waals surface area contributed by atoms with Crippen LogP contribution in [0.4, 0.5) is 10.1 Å². The van der Waals surface area contributed by atoms with Gasteiger partial charge in [-0.25, -0.2) is 9.18 Å². The third-order valence-electron chi connectivity index (χ3n) is 1.58. The summed E-state index contributed by atoms with van der Waals surface area (Å²) in [7, 11) is 0. The van der Waals surface area contributed by atoms with E-state index in [4.69, 9.17) is 16.7 Å². The van der Waals surface area contributed by atoms with Crippen LogP contribution < -0.4 is 5.43 Å². The van der Waals surface area contributed by atoms with E-state index in [1.165, 1.54) is 19.1 Å². The lowest BCUT2D eigenvalue weighted by atomic mass is 10.3. The second kappa shape index (κ2) is 4.75. The van der Waals surface area contributed by atoms with Crippen LogP contribution >= 0.6 is 11.6 Å². The van der Waals surface area contributed by atoms with E-state index in [1.807, 2.05) is 0 Å². The minimum atomic E-state index is -1.14. The molecule has 0 radical (unpaired) electrons. The number of hydrogen-bond donors (Lipinski definition) is 2. The normalized spacial score (nSPS) is 11.3. The number of carboxylic acid groups (broad SMARTS) is 1. The standard InChI is InChI=1S/C9H8ClFN2O2/c1-5(9(14)15)12-13-8-3-2-6(11)4-7(8)10/h2-4,13H,1H3,(H,14,15)/b12-5+. The van der Waals surface area contributed by atoms with Crippen LogP contribution in [0.1, 0.15) is 6.92 Å². The minimum Gasteiger partial charge on any atom is -0.477 e. The second-order valence-corrected chi connectivity index (χ2v) is 3.15. The largest absolute Gasteiger partial charge is 0.477 e. The molecule has 0 amide bonds. The maximum Gasteiger partial charge on any atom is 0.351 e. The lowest BCUT2D eigenvalue weighted by Crippen LogP contribution is -2.10. The van der Waals surface area contributed by atoms with E-state index in [9.17, 15) is 9.18 Å². The number of hydrazone groups is 1. The molecule has 0 bridgehead atoms. The first-order valence-corrected chi connectivity index (χ1v) is 4.37. The summed E-state index contributed by atoms with van der Waals surface area (Å²) >= 11 is 5.67. The Morgan fingerprint density at radius 3 is 2.80 bits per heavy atom. The van der Waals surface area contributed by atoms with E-state index in [2.05, 4.69) is 10.5 Å². The maximum absolute atomic E-state index is 12.6. The smallest absolute Gasteiger partial charge is 0.351 e. The summed E-state index contributed by atoms with van der Waals surface area (Å²) in [5.74, 6) is -1.61. The lowest BCUT2D eigenvalue weighted by Gasteiger charge is -2.03. The number of hydrogen-bond acceptors (Lipinski definition) is 3. The van der Waals surface area contributed by atoms with Gasteiger partial charge in [-0.2, -0.15) is 5.10 Å². The van der Waals surface area contributed by atoms with Gasteiger partial charge in [-0.1, -0.05) is 11.6 Å². The molecule has 0 unspecified atom stereocenters. The molecule has 0 atom stereocenters. The van der Waals surface area contributed by atoms with Crippen LogP contribution in [0.5, 0.6) is 0 Å². The summed E-state index contributed by atoms with van der Waals surface area (Å²) in [5.41, 5.74) is 2.66. The predicted octanol–water partition coefficient (Wildman–Crippen LogP) is 2.35. The Bertz CT molecular complexity index is 421. The highest BCUT2D eigenvalue weighted by molar-refractivity contribution is 6.35. The van der Waals surface area contributed by atoms with Crippen LogP contribution in [0.2, 0.25) is 5.02 Å². The molecule has 15 heavy (non-hydrogen) atoms. The zero-order valence-electron chi connectivity index (χ0n) is 7.79. The average Bonchev–Trinajstić information content (AvgIpc) is 2.15. The number of halogens is 2. The van der Waals surface area contributed by atoms with Crippen molar-refractivity contribution in [3.05, 3.63) is 29.0 Å². The van der Waals surface area contributed by atoms with Crippen LogP contribution in [0.15, 0.2) is 23.3 Å². The zero-order chi connectivity index (χ0) is 11.4. The van der Waals surface area contributed by atoms with Gasteiger partial charge in [0, 0.05) is 0 Å². The SMILES string of the molecule is C/C(=N\Nc1ccc(F)cc1Cl)C(=O)O. The monoisotopic (exact) mass is 230 g/mol. The fourth-order valence-corrected chi connectivity index (χ4v) is 0.982. The first kappa shape index (κ1) is 11.5. The van der Waals surface area contributed by atoms with Crippen LogP contribution in [-0.2, 0) is 4.79 Å². The van der Waals surface area contributed by atoms with Gasteiger partial charge >= 0.3 is 5.97 Å². The van der Waals surface area contributed by atoms with Crippen LogP contribution in [0.25, 0.3) is 0 Å². The molecule has 0 saturated heterocycles. The van der Waals surface area contributed by atoms with Crippen molar-refractivity contribution in [3.63, 3.8) is 0 Å². The lowest BCUT2D eigenvalue weighted by molar-refractivity contribution is -0.129. The summed E-state index contributed by atoms with van der Waals surface area (Å²) in [4.78, 5) is 10.4. The summed E-state index contributed by atoms with van der Waals surface area (Å²) < 4.78 is 12.6. The zero-order valence-corrected chi connectivity index (χ0v) is 8.55. The van der Waals surface area contributed by atoms with Gasteiger partial charge in [0.1, 0.15) is 11.5 Å². The summed E-state index contributed by atoms with van der Waals surface area (Å²) in [6.45, 7) is 1.33. The van der Waals surface area contributed by atoms with Gasteiger partial charge in [0.05, 0.1) is 10.7 Å². The number of benzene rings is 1. The van der Waals surface area contributed by atoms with Crippen molar-refractivity contribution in [1.29, 1.82) is 0 Å². The fraction of sp³-hybridized carbons (Fsp3) is 0.111. The third-order valence-corrected chi connectivity index (χ3v) is 1.90. The first-order chi connectivity index (χ1) is 7.00. The Morgan fingerprint density at radius 2 is 2.27 bits per heavy atom. The molecule has 0 aliphatic heterocycles. The molecule has 0 spiro atoms. The van der Waals surface area contributed by atoms with Crippen molar-refractivity contribution in [2.45, 2.75) is 6.92 Å². The van der Waals surface area contributed by atoms with Gasteiger partial charge in [-0.15, -0.1) is 0 Å². The molecule has 0 fully saturated rings.